The first-order valence-electron chi connectivity index (χ1n) is 14.2. The monoisotopic (exact) mass is 593 g/mol. The van der Waals surface area contributed by atoms with Crippen LogP contribution in [0.2, 0.25) is 0 Å². The standard InChI is InChI=1S/C33H43N3O5S/c1-24(2)34-33(38)31(22-27-12-8-7-9-13-27)35(23-28-14-10-15-30(21-28)41-5)32(37)16-11-19-36(42(6,39)40)29-18-17-25(3)26(4)20-29/h7-10,12-15,17-18,20-21,24,31H,11,16,19,22-23H2,1-6H3,(H,34,38). The molecule has 0 saturated carbocycles. The van der Waals surface area contributed by atoms with Crippen molar-refractivity contribution in [1.82, 2.24) is 10.2 Å². The molecule has 0 fully saturated rings. The Morgan fingerprint density at radius 1 is 0.905 bits per heavy atom. The van der Waals surface area contributed by atoms with Crippen molar-refractivity contribution in [2.45, 2.75) is 65.6 Å². The summed E-state index contributed by atoms with van der Waals surface area (Å²) in [4.78, 5) is 29.1. The van der Waals surface area contributed by atoms with Crippen molar-refractivity contribution in [2.24, 2.45) is 0 Å². The Morgan fingerprint density at radius 3 is 2.21 bits per heavy atom. The molecular weight excluding hydrogens is 550 g/mol. The Balaban J connectivity index is 1.90. The number of rotatable bonds is 14. The van der Waals surface area contributed by atoms with Gasteiger partial charge in [-0.1, -0.05) is 48.5 Å². The topological polar surface area (TPSA) is 96.0 Å². The van der Waals surface area contributed by atoms with E-state index in [0.29, 0.717) is 17.9 Å². The van der Waals surface area contributed by atoms with E-state index < -0.39 is 16.1 Å². The third-order valence-electron chi connectivity index (χ3n) is 7.12. The summed E-state index contributed by atoms with van der Waals surface area (Å²) in [5.74, 6) is 0.188. The van der Waals surface area contributed by atoms with Crippen molar-refractivity contribution in [3.8, 4) is 5.75 Å². The molecule has 0 spiro atoms. The van der Waals surface area contributed by atoms with Gasteiger partial charge in [0.1, 0.15) is 11.8 Å². The minimum atomic E-state index is -3.58. The van der Waals surface area contributed by atoms with Crippen LogP contribution in [0.4, 0.5) is 5.69 Å². The Morgan fingerprint density at radius 2 is 1.60 bits per heavy atom. The normalized spacial score (nSPS) is 12.1. The van der Waals surface area contributed by atoms with E-state index in [2.05, 4.69) is 5.32 Å². The van der Waals surface area contributed by atoms with Gasteiger partial charge in [0.15, 0.2) is 0 Å². The molecule has 1 unspecified atom stereocenters. The summed E-state index contributed by atoms with van der Waals surface area (Å²) in [5.41, 5.74) is 4.38. The number of methoxy groups -OCH3 is 1. The molecule has 8 nitrogen and oxygen atoms in total. The SMILES string of the molecule is COc1cccc(CN(C(=O)CCCN(c2ccc(C)c(C)c2)S(C)(=O)=O)C(Cc2ccccc2)C(=O)NC(C)C)c1. The maximum atomic E-state index is 13.9. The second-order valence-electron chi connectivity index (χ2n) is 10.9. The highest BCUT2D eigenvalue weighted by molar-refractivity contribution is 7.92. The van der Waals surface area contributed by atoms with Gasteiger partial charge in [-0.3, -0.25) is 13.9 Å². The van der Waals surface area contributed by atoms with E-state index in [1.165, 1.54) is 10.6 Å². The second-order valence-corrected chi connectivity index (χ2v) is 12.9. The summed E-state index contributed by atoms with van der Waals surface area (Å²) < 4.78 is 32.1. The molecule has 1 atom stereocenters. The quantitative estimate of drug-likeness (QED) is 0.283. The van der Waals surface area contributed by atoms with Crippen LogP contribution < -0.4 is 14.4 Å². The molecule has 1 N–H and O–H groups in total. The third kappa shape index (κ3) is 9.34. The fourth-order valence-electron chi connectivity index (χ4n) is 4.79. The van der Waals surface area contributed by atoms with E-state index in [-0.39, 0.29) is 43.8 Å². The van der Waals surface area contributed by atoms with E-state index in [4.69, 9.17) is 4.74 Å². The van der Waals surface area contributed by atoms with E-state index in [0.717, 1.165) is 22.3 Å². The van der Waals surface area contributed by atoms with Crippen LogP contribution in [0.25, 0.3) is 0 Å². The van der Waals surface area contributed by atoms with Crippen molar-refractivity contribution in [3.63, 3.8) is 0 Å². The van der Waals surface area contributed by atoms with Gasteiger partial charge in [0.05, 0.1) is 19.1 Å². The van der Waals surface area contributed by atoms with Crippen LogP contribution in [0.1, 0.15) is 48.9 Å². The lowest BCUT2D eigenvalue weighted by molar-refractivity contribution is -0.141. The van der Waals surface area contributed by atoms with Crippen LogP contribution in [-0.2, 0) is 32.6 Å². The minimum absolute atomic E-state index is 0.0705. The summed E-state index contributed by atoms with van der Waals surface area (Å²) in [5, 5.41) is 2.99. The summed E-state index contributed by atoms with van der Waals surface area (Å²) in [7, 11) is -1.99. The minimum Gasteiger partial charge on any atom is -0.497 e. The van der Waals surface area contributed by atoms with Gasteiger partial charge in [-0.15, -0.1) is 0 Å². The highest BCUT2D eigenvalue weighted by atomic mass is 32.2. The Hall–Kier alpha value is -3.85. The average Bonchev–Trinajstić information content (AvgIpc) is 2.94. The number of hydrogen-bond acceptors (Lipinski definition) is 5. The number of nitrogens with zero attached hydrogens (tertiary/aromatic N) is 2. The zero-order valence-corrected chi connectivity index (χ0v) is 26.3. The van der Waals surface area contributed by atoms with Gasteiger partial charge in [-0.05, 0) is 80.6 Å². The van der Waals surface area contributed by atoms with Gasteiger partial charge in [-0.25, -0.2) is 8.42 Å². The molecule has 2 amide bonds. The van der Waals surface area contributed by atoms with Crippen molar-refractivity contribution in [3.05, 3.63) is 95.1 Å². The molecule has 9 heteroatoms. The summed E-state index contributed by atoms with van der Waals surface area (Å²) in [6, 6.07) is 21.7. The molecule has 0 aliphatic carbocycles. The molecule has 0 heterocycles. The largest absolute Gasteiger partial charge is 0.497 e. The fourth-order valence-corrected chi connectivity index (χ4v) is 5.74. The fraction of sp³-hybridized carbons (Fsp3) is 0.394. The Bertz CT molecular complexity index is 1460. The average molecular weight is 594 g/mol. The molecule has 3 rings (SSSR count). The molecule has 0 radical (unpaired) electrons. The molecule has 0 saturated heterocycles. The van der Waals surface area contributed by atoms with E-state index >= 15 is 0 Å². The van der Waals surface area contributed by atoms with Crippen LogP contribution >= 0.6 is 0 Å². The zero-order valence-electron chi connectivity index (χ0n) is 25.5. The van der Waals surface area contributed by atoms with Crippen molar-refractivity contribution in [2.75, 3.05) is 24.2 Å². The van der Waals surface area contributed by atoms with Gasteiger partial charge < -0.3 is 15.0 Å². The van der Waals surface area contributed by atoms with Crippen molar-refractivity contribution in [1.29, 1.82) is 0 Å². The van der Waals surface area contributed by atoms with Crippen LogP contribution in [0.5, 0.6) is 5.75 Å². The van der Waals surface area contributed by atoms with E-state index in [1.807, 2.05) is 94.4 Å². The molecule has 3 aromatic rings. The number of sulfonamides is 1. The summed E-state index contributed by atoms with van der Waals surface area (Å²) in [6.45, 7) is 8.03. The number of ether oxygens (including phenoxy) is 1. The first-order valence-corrected chi connectivity index (χ1v) is 16.1. The molecule has 226 valence electrons. The van der Waals surface area contributed by atoms with Gasteiger partial charge >= 0.3 is 0 Å². The predicted molar refractivity (Wildman–Crippen MR) is 168 cm³/mol. The number of anilines is 1. The van der Waals surface area contributed by atoms with Gasteiger partial charge in [0.25, 0.3) is 0 Å². The molecule has 0 aliphatic rings. The number of carbonyl (C=O) groups excluding carboxylic acids is 2. The number of benzene rings is 3. The molecule has 42 heavy (non-hydrogen) atoms. The molecule has 3 aromatic carbocycles. The van der Waals surface area contributed by atoms with Gasteiger partial charge in [-0.2, -0.15) is 0 Å². The predicted octanol–water partition coefficient (Wildman–Crippen LogP) is 5.02. The molecular formula is C33H43N3O5S. The van der Waals surface area contributed by atoms with Crippen molar-refractivity contribution < 1.29 is 22.7 Å². The first-order chi connectivity index (χ1) is 19.9. The lowest BCUT2D eigenvalue weighted by Crippen LogP contribution is -2.51. The lowest BCUT2D eigenvalue weighted by Gasteiger charge is -2.32. The van der Waals surface area contributed by atoms with Crippen LogP contribution in [0.3, 0.4) is 0 Å². The molecule has 0 aliphatic heterocycles. The number of carbonyl (C=O) groups is 2. The smallest absolute Gasteiger partial charge is 0.243 e. The van der Waals surface area contributed by atoms with Crippen LogP contribution in [-0.4, -0.2) is 57.1 Å². The zero-order chi connectivity index (χ0) is 30.9. The van der Waals surface area contributed by atoms with E-state index in [9.17, 15) is 18.0 Å². The highest BCUT2D eigenvalue weighted by Gasteiger charge is 2.31. The third-order valence-corrected chi connectivity index (χ3v) is 8.31. The Labute approximate surface area is 250 Å². The second kappa shape index (κ2) is 14.9. The number of nitrogens with one attached hydrogen (secondary N) is 1. The summed E-state index contributed by atoms with van der Waals surface area (Å²) in [6.07, 6.45) is 1.87. The number of amides is 2. The van der Waals surface area contributed by atoms with Crippen molar-refractivity contribution >= 4 is 27.5 Å². The van der Waals surface area contributed by atoms with E-state index in [1.54, 1.807) is 18.1 Å². The van der Waals surface area contributed by atoms with Crippen LogP contribution in [0.15, 0.2) is 72.8 Å². The maximum Gasteiger partial charge on any atom is 0.243 e. The lowest BCUT2D eigenvalue weighted by atomic mass is 10.0. The Kier molecular flexibility index (Phi) is 11.6. The van der Waals surface area contributed by atoms with Gasteiger partial charge in [0.2, 0.25) is 21.8 Å². The first kappa shape index (κ1) is 32.7. The molecule has 0 bridgehead atoms. The van der Waals surface area contributed by atoms with Gasteiger partial charge in [0, 0.05) is 32.0 Å². The van der Waals surface area contributed by atoms with Crippen LogP contribution in [0, 0.1) is 13.8 Å². The number of aryl methyl sites for hydroxylation is 2. The molecule has 0 aromatic heterocycles. The summed E-state index contributed by atoms with van der Waals surface area (Å²) >= 11 is 0. The highest BCUT2D eigenvalue weighted by Crippen LogP contribution is 2.23. The maximum absolute atomic E-state index is 13.9. The number of hydrogen-bond donors (Lipinski definition) is 1.